The Morgan fingerprint density at radius 1 is 0.808 bits per heavy atom. The molecule has 1 aromatic heterocycles. The summed E-state index contributed by atoms with van der Waals surface area (Å²) in [4.78, 5) is 0. The van der Waals surface area contributed by atoms with E-state index in [0.717, 1.165) is 5.69 Å². The third kappa shape index (κ3) is 5.11. The summed E-state index contributed by atoms with van der Waals surface area (Å²) in [5, 5.41) is 9.48. The van der Waals surface area contributed by atoms with Crippen molar-refractivity contribution in [3.63, 3.8) is 0 Å². The summed E-state index contributed by atoms with van der Waals surface area (Å²) in [5.74, 6) is 0. The van der Waals surface area contributed by atoms with Crippen molar-refractivity contribution in [1.82, 2.24) is 15.0 Å². The van der Waals surface area contributed by atoms with Crippen LogP contribution in [-0.4, -0.2) is 33.4 Å². The first-order valence-electron chi connectivity index (χ1n) is 10.6. The monoisotopic (exact) mass is 463 g/mol. The molecule has 0 saturated heterocycles. The third-order valence-electron chi connectivity index (χ3n) is 5.70. The molecule has 0 amide bonds. The van der Waals surface area contributed by atoms with E-state index in [2.05, 4.69) is 68.8 Å². The molecule has 0 saturated carbocycles. The molecule has 0 unspecified atom stereocenters. The Hall–Kier alpha value is -0.841. The van der Waals surface area contributed by atoms with Crippen molar-refractivity contribution in [3.05, 3.63) is 35.5 Å². The number of aryl methyl sites for hydroxylation is 1. The summed E-state index contributed by atoms with van der Waals surface area (Å²) >= 11 is -2.51. The average molecular weight is 462 g/mol. The van der Waals surface area contributed by atoms with Gasteiger partial charge in [0.25, 0.3) is 0 Å². The van der Waals surface area contributed by atoms with Gasteiger partial charge in [-0.15, -0.1) is 0 Å². The maximum atomic E-state index is 4.85. The number of nitrogens with zero attached hydrogens (tertiary/aromatic N) is 3. The van der Waals surface area contributed by atoms with Gasteiger partial charge in [0.05, 0.1) is 0 Å². The summed E-state index contributed by atoms with van der Waals surface area (Å²) in [6.07, 6.45) is 7.97. The zero-order valence-electron chi connectivity index (χ0n) is 17.5. The standard InChI is InChI=1S/C10H10N3.3C4H9.Sn/c1-8-3-5-10(6-4-8)13-9(2)7-11-12-13;3*1-3-4-2;/h3-6H,1-2H3;3*1,3-4H2,2H3;. The number of unbranched alkanes of at least 4 members (excludes halogenated alkanes) is 3. The van der Waals surface area contributed by atoms with Crippen LogP contribution in [0.4, 0.5) is 0 Å². The van der Waals surface area contributed by atoms with Gasteiger partial charge in [0.1, 0.15) is 0 Å². The molecule has 4 heteroatoms. The van der Waals surface area contributed by atoms with Gasteiger partial charge in [-0.2, -0.15) is 0 Å². The Bertz CT molecular complexity index is 639. The van der Waals surface area contributed by atoms with Crippen molar-refractivity contribution in [2.75, 3.05) is 0 Å². The van der Waals surface area contributed by atoms with Crippen molar-refractivity contribution >= 4 is 22.1 Å². The number of aromatic nitrogens is 3. The molecule has 0 spiro atoms. The van der Waals surface area contributed by atoms with Crippen molar-refractivity contribution in [2.24, 2.45) is 0 Å². The second kappa shape index (κ2) is 10.5. The summed E-state index contributed by atoms with van der Waals surface area (Å²) in [6, 6.07) is 8.67. The number of hydrogen-bond donors (Lipinski definition) is 0. The van der Waals surface area contributed by atoms with Crippen LogP contribution >= 0.6 is 0 Å². The van der Waals surface area contributed by atoms with Crippen LogP contribution < -0.4 is 3.71 Å². The van der Waals surface area contributed by atoms with Crippen molar-refractivity contribution < 1.29 is 0 Å². The third-order valence-corrected chi connectivity index (χ3v) is 21.1. The Balaban J connectivity index is 2.43. The van der Waals surface area contributed by atoms with Gasteiger partial charge in [-0.25, -0.2) is 0 Å². The van der Waals surface area contributed by atoms with Crippen molar-refractivity contribution in [1.29, 1.82) is 0 Å². The van der Waals surface area contributed by atoms with Crippen molar-refractivity contribution in [3.8, 4) is 5.69 Å². The molecule has 0 N–H and O–H groups in total. The predicted molar refractivity (Wildman–Crippen MR) is 115 cm³/mol. The first-order valence-corrected chi connectivity index (χ1v) is 18.1. The molecule has 0 bridgehead atoms. The fourth-order valence-electron chi connectivity index (χ4n) is 4.03. The van der Waals surface area contributed by atoms with E-state index in [4.69, 9.17) is 5.10 Å². The van der Waals surface area contributed by atoms with Gasteiger partial charge in [-0.05, 0) is 0 Å². The molecule has 3 nitrogen and oxygen atoms in total. The van der Waals surface area contributed by atoms with Crippen LogP contribution in [0.15, 0.2) is 24.3 Å². The SMILES string of the molecule is CCC[CH2][Sn]([CH2]CCC)([CH2]CCC)[c]1nnn(-c2ccc(C)cc2)c1C. The van der Waals surface area contributed by atoms with Gasteiger partial charge in [-0.3, -0.25) is 0 Å². The molecule has 1 aromatic carbocycles. The minimum absolute atomic E-state index is 1.15. The first kappa shape index (κ1) is 21.5. The van der Waals surface area contributed by atoms with Crippen LogP contribution in [0.2, 0.25) is 13.3 Å². The molecular weight excluding hydrogens is 425 g/mol. The Kier molecular flexibility index (Phi) is 8.65. The van der Waals surface area contributed by atoms with Crippen molar-refractivity contribution in [2.45, 2.75) is 86.5 Å². The molecule has 0 fully saturated rings. The van der Waals surface area contributed by atoms with Crippen LogP contribution in [0.3, 0.4) is 0 Å². The van der Waals surface area contributed by atoms with Crippen LogP contribution in [0.5, 0.6) is 0 Å². The Morgan fingerprint density at radius 3 is 1.77 bits per heavy atom. The molecule has 144 valence electrons. The first-order chi connectivity index (χ1) is 12.6. The fourth-order valence-corrected chi connectivity index (χ4v) is 20.2. The summed E-state index contributed by atoms with van der Waals surface area (Å²) in [5.41, 5.74) is 3.75. The zero-order valence-corrected chi connectivity index (χ0v) is 20.4. The molecule has 0 atom stereocenters. The Labute approximate surface area is 164 Å². The number of benzene rings is 1. The predicted octanol–water partition coefficient (Wildman–Crippen LogP) is 5.94. The van der Waals surface area contributed by atoms with Gasteiger partial charge in [0.15, 0.2) is 0 Å². The summed E-state index contributed by atoms with van der Waals surface area (Å²) in [7, 11) is 0. The van der Waals surface area contributed by atoms with Crippen LogP contribution in [-0.2, 0) is 0 Å². The van der Waals surface area contributed by atoms with Gasteiger partial charge in [0.2, 0.25) is 0 Å². The average Bonchev–Trinajstić information content (AvgIpc) is 3.04. The maximum absolute atomic E-state index is 4.85. The normalized spacial score (nSPS) is 11.9. The second-order valence-electron chi connectivity index (χ2n) is 7.86. The molecule has 0 radical (unpaired) electrons. The van der Waals surface area contributed by atoms with Gasteiger partial charge < -0.3 is 0 Å². The quantitative estimate of drug-likeness (QED) is 0.387. The molecular formula is C22H37N3Sn. The van der Waals surface area contributed by atoms with E-state index in [-0.39, 0.29) is 0 Å². The van der Waals surface area contributed by atoms with Crippen LogP contribution in [0.1, 0.15) is 70.6 Å². The van der Waals surface area contributed by atoms with E-state index in [1.807, 2.05) is 0 Å². The zero-order chi connectivity index (χ0) is 19.0. The number of rotatable bonds is 11. The van der Waals surface area contributed by atoms with Crippen LogP contribution in [0, 0.1) is 13.8 Å². The Morgan fingerprint density at radius 2 is 1.31 bits per heavy atom. The number of hydrogen-bond acceptors (Lipinski definition) is 2. The second-order valence-corrected chi connectivity index (χ2v) is 20.8. The van der Waals surface area contributed by atoms with E-state index >= 15 is 0 Å². The molecule has 0 aliphatic rings. The molecule has 0 aliphatic heterocycles. The molecule has 2 aromatic rings. The summed E-state index contributed by atoms with van der Waals surface area (Å²) in [6.45, 7) is 11.4. The topological polar surface area (TPSA) is 30.7 Å². The van der Waals surface area contributed by atoms with E-state index in [1.165, 1.54) is 66.8 Å². The van der Waals surface area contributed by atoms with E-state index in [0.29, 0.717) is 0 Å². The fraction of sp³-hybridized carbons (Fsp3) is 0.636. The van der Waals surface area contributed by atoms with Gasteiger partial charge >= 0.3 is 165 Å². The summed E-state index contributed by atoms with van der Waals surface area (Å²) < 4.78 is 7.87. The molecule has 26 heavy (non-hydrogen) atoms. The van der Waals surface area contributed by atoms with Gasteiger partial charge in [-0.1, -0.05) is 0 Å². The van der Waals surface area contributed by atoms with Crippen LogP contribution in [0.25, 0.3) is 5.69 Å². The van der Waals surface area contributed by atoms with E-state index in [9.17, 15) is 0 Å². The van der Waals surface area contributed by atoms with Gasteiger partial charge in [0, 0.05) is 0 Å². The molecule has 0 aliphatic carbocycles. The molecule has 2 rings (SSSR count). The molecule has 1 heterocycles. The van der Waals surface area contributed by atoms with E-state index in [1.54, 1.807) is 0 Å². The van der Waals surface area contributed by atoms with E-state index < -0.39 is 18.4 Å². The minimum atomic E-state index is -2.51.